The Hall–Kier alpha value is -2.54. The average Bonchev–Trinajstić information content (AvgIpc) is 2.59. The average molecular weight is 405 g/mol. The number of sulfonamides is 1. The van der Waals surface area contributed by atoms with Crippen LogP contribution in [0.3, 0.4) is 0 Å². The minimum atomic E-state index is -3.58. The highest BCUT2D eigenvalue weighted by atomic mass is 32.2. The number of carbonyl (C=O) groups excluding carboxylic acids is 1. The number of nitrogens with one attached hydrogen (secondary N) is 1. The van der Waals surface area contributed by atoms with Gasteiger partial charge in [-0.3, -0.25) is 9.10 Å². The minimum absolute atomic E-state index is 0.273. The summed E-state index contributed by atoms with van der Waals surface area (Å²) in [6.45, 7) is 8.16. The van der Waals surface area contributed by atoms with Gasteiger partial charge in [0.2, 0.25) is 15.9 Å². The second kappa shape index (κ2) is 9.10. The van der Waals surface area contributed by atoms with Crippen LogP contribution in [0.5, 0.6) is 5.75 Å². The van der Waals surface area contributed by atoms with E-state index >= 15 is 0 Å². The molecule has 0 aromatic heterocycles. The molecule has 0 atom stereocenters. The van der Waals surface area contributed by atoms with Gasteiger partial charge in [0.25, 0.3) is 0 Å². The van der Waals surface area contributed by atoms with Gasteiger partial charge < -0.3 is 10.1 Å². The molecular formula is C21H28N2O4S. The molecule has 2 rings (SSSR count). The first kappa shape index (κ1) is 21.8. The number of anilines is 1. The predicted octanol–water partition coefficient (Wildman–Crippen LogP) is 2.88. The van der Waals surface area contributed by atoms with Crippen LogP contribution in [0, 0.1) is 27.7 Å². The van der Waals surface area contributed by atoms with Crippen LogP contribution in [0.25, 0.3) is 0 Å². The van der Waals surface area contributed by atoms with Crippen molar-refractivity contribution < 1.29 is 17.9 Å². The van der Waals surface area contributed by atoms with Crippen molar-refractivity contribution in [2.45, 2.75) is 27.7 Å². The number of aryl methyl sites for hydroxylation is 4. The van der Waals surface area contributed by atoms with Crippen LogP contribution in [0.1, 0.15) is 22.3 Å². The second-order valence-electron chi connectivity index (χ2n) is 7.01. The van der Waals surface area contributed by atoms with Gasteiger partial charge in [0, 0.05) is 0 Å². The Morgan fingerprint density at radius 3 is 2.32 bits per heavy atom. The molecule has 0 unspecified atom stereocenters. The van der Waals surface area contributed by atoms with Gasteiger partial charge >= 0.3 is 0 Å². The van der Waals surface area contributed by atoms with Gasteiger partial charge in [0.15, 0.2) is 0 Å². The SMILES string of the molecule is Cc1ccc(OCCNC(=O)CN(c2ccc(C)c(C)c2)S(C)(=O)=O)c(C)c1. The van der Waals surface area contributed by atoms with Gasteiger partial charge in [-0.05, 0) is 62.6 Å². The van der Waals surface area contributed by atoms with Crippen LogP contribution >= 0.6 is 0 Å². The van der Waals surface area contributed by atoms with Crippen molar-refractivity contribution in [2.75, 3.05) is 30.3 Å². The molecule has 1 amide bonds. The maximum absolute atomic E-state index is 12.3. The van der Waals surface area contributed by atoms with Gasteiger partial charge in [-0.15, -0.1) is 0 Å². The number of nitrogens with zero attached hydrogens (tertiary/aromatic N) is 1. The van der Waals surface area contributed by atoms with Gasteiger partial charge in [0.1, 0.15) is 18.9 Å². The molecule has 0 saturated heterocycles. The summed E-state index contributed by atoms with van der Waals surface area (Å²) in [5.41, 5.74) is 4.69. The molecule has 0 saturated carbocycles. The predicted molar refractivity (Wildman–Crippen MR) is 113 cm³/mol. The number of benzene rings is 2. The molecule has 2 aromatic rings. The number of hydrogen-bond donors (Lipinski definition) is 1. The molecule has 0 aliphatic heterocycles. The van der Waals surface area contributed by atoms with E-state index < -0.39 is 10.0 Å². The van der Waals surface area contributed by atoms with Crippen molar-refractivity contribution >= 4 is 21.6 Å². The van der Waals surface area contributed by atoms with Gasteiger partial charge in [-0.2, -0.15) is 0 Å². The summed E-state index contributed by atoms with van der Waals surface area (Å²) in [4.78, 5) is 12.3. The van der Waals surface area contributed by atoms with Crippen molar-refractivity contribution in [2.24, 2.45) is 0 Å². The molecule has 0 heterocycles. The standard InChI is InChI=1S/C21H28N2O4S/c1-15-6-9-20(18(4)12-15)27-11-10-22-21(24)14-23(28(5,25)26)19-8-7-16(2)17(3)13-19/h6-9,12-13H,10-11,14H2,1-5H3,(H,22,24). The summed E-state index contributed by atoms with van der Waals surface area (Å²) in [7, 11) is -3.58. The van der Waals surface area contributed by atoms with E-state index in [0.717, 1.165) is 38.6 Å². The highest BCUT2D eigenvalue weighted by Gasteiger charge is 2.21. The summed E-state index contributed by atoms with van der Waals surface area (Å²) < 4.78 is 31.1. The van der Waals surface area contributed by atoms with Crippen molar-refractivity contribution in [3.8, 4) is 5.75 Å². The maximum atomic E-state index is 12.3. The van der Waals surface area contributed by atoms with E-state index in [1.54, 1.807) is 12.1 Å². The maximum Gasteiger partial charge on any atom is 0.240 e. The Labute approximate surface area is 167 Å². The largest absolute Gasteiger partial charge is 0.491 e. The van der Waals surface area contributed by atoms with Crippen LogP contribution < -0.4 is 14.4 Å². The zero-order valence-electron chi connectivity index (χ0n) is 17.1. The summed E-state index contributed by atoms with van der Waals surface area (Å²) >= 11 is 0. The first-order valence-corrected chi connectivity index (χ1v) is 10.9. The van der Waals surface area contributed by atoms with Crippen LogP contribution in [-0.4, -0.2) is 40.3 Å². The number of ether oxygens (including phenoxy) is 1. The number of carbonyl (C=O) groups is 1. The van der Waals surface area contributed by atoms with E-state index in [-0.39, 0.29) is 19.0 Å². The highest BCUT2D eigenvalue weighted by molar-refractivity contribution is 7.92. The molecule has 28 heavy (non-hydrogen) atoms. The van der Waals surface area contributed by atoms with Crippen molar-refractivity contribution in [1.82, 2.24) is 5.32 Å². The van der Waals surface area contributed by atoms with E-state index in [4.69, 9.17) is 4.74 Å². The molecule has 0 aliphatic carbocycles. The third-order valence-electron chi connectivity index (χ3n) is 4.48. The molecule has 0 aliphatic rings. The van der Waals surface area contributed by atoms with E-state index in [0.29, 0.717) is 12.3 Å². The topological polar surface area (TPSA) is 75.7 Å². The lowest BCUT2D eigenvalue weighted by molar-refractivity contribution is -0.119. The molecule has 0 fully saturated rings. The third kappa shape index (κ3) is 5.99. The smallest absolute Gasteiger partial charge is 0.240 e. The third-order valence-corrected chi connectivity index (χ3v) is 5.62. The van der Waals surface area contributed by atoms with E-state index in [2.05, 4.69) is 5.32 Å². The number of amides is 1. The molecule has 6 nitrogen and oxygen atoms in total. The molecule has 0 bridgehead atoms. The van der Waals surface area contributed by atoms with Crippen LogP contribution in [-0.2, 0) is 14.8 Å². The molecular weight excluding hydrogens is 376 g/mol. The fraction of sp³-hybridized carbons (Fsp3) is 0.381. The molecule has 152 valence electrons. The lowest BCUT2D eigenvalue weighted by atomic mass is 10.1. The Balaban J connectivity index is 1.94. The quantitative estimate of drug-likeness (QED) is 0.687. The lowest BCUT2D eigenvalue weighted by Gasteiger charge is -2.22. The monoisotopic (exact) mass is 404 g/mol. The van der Waals surface area contributed by atoms with Crippen molar-refractivity contribution in [3.05, 3.63) is 58.7 Å². The first-order chi connectivity index (χ1) is 13.1. The van der Waals surface area contributed by atoms with Crippen molar-refractivity contribution in [1.29, 1.82) is 0 Å². The van der Waals surface area contributed by atoms with Crippen LogP contribution in [0.4, 0.5) is 5.69 Å². The van der Waals surface area contributed by atoms with E-state index in [1.807, 2.05) is 52.0 Å². The minimum Gasteiger partial charge on any atom is -0.491 e. The second-order valence-corrected chi connectivity index (χ2v) is 8.91. The summed E-state index contributed by atoms with van der Waals surface area (Å²) in [6.07, 6.45) is 1.10. The molecule has 2 aromatic carbocycles. The van der Waals surface area contributed by atoms with Crippen LogP contribution in [0.2, 0.25) is 0 Å². The molecule has 0 spiro atoms. The Bertz CT molecular complexity index is 955. The zero-order chi connectivity index (χ0) is 20.9. The van der Waals surface area contributed by atoms with Gasteiger partial charge in [-0.25, -0.2) is 8.42 Å². The Kier molecular flexibility index (Phi) is 7.07. The highest BCUT2D eigenvalue weighted by Crippen LogP contribution is 2.21. The molecule has 0 radical (unpaired) electrons. The van der Waals surface area contributed by atoms with E-state index in [1.165, 1.54) is 0 Å². The summed E-state index contributed by atoms with van der Waals surface area (Å²) in [5, 5.41) is 2.71. The van der Waals surface area contributed by atoms with Gasteiger partial charge in [-0.1, -0.05) is 23.8 Å². The zero-order valence-corrected chi connectivity index (χ0v) is 17.9. The van der Waals surface area contributed by atoms with Gasteiger partial charge in [0.05, 0.1) is 18.5 Å². The normalized spacial score (nSPS) is 11.2. The summed E-state index contributed by atoms with van der Waals surface area (Å²) in [6, 6.07) is 11.2. The Morgan fingerprint density at radius 2 is 1.71 bits per heavy atom. The van der Waals surface area contributed by atoms with Crippen LogP contribution in [0.15, 0.2) is 36.4 Å². The number of hydrogen-bond acceptors (Lipinski definition) is 4. The lowest BCUT2D eigenvalue weighted by Crippen LogP contribution is -2.41. The summed E-state index contributed by atoms with van der Waals surface area (Å²) in [5.74, 6) is 0.389. The Morgan fingerprint density at radius 1 is 1.00 bits per heavy atom. The molecule has 1 N–H and O–H groups in total. The molecule has 7 heteroatoms. The fourth-order valence-corrected chi connectivity index (χ4v) is 3.63. The van der Waals surface area contributed by atoms with Crippen molar-refractivity contribution in [3.63, 3.8) is 0 Å². The van der Waals surface area contributed by atoms with E-state index in [9.17, 15) is 13.2 Å². The number of rotatable bonds is 8. The fourth-order valence-electron chi connectivity index (χ4n) is 2.78. The first-order valence-electron chi connectivity index (χ1n) is 9.09.